The van der Waals surface area contributed by atoms with E-state index in [2.05, 4.69) is 133 Å². The van der Waals surface area contributed by atoms with Crippen LogP contribution >= 0.6 is 0 Å². The zero-order valence-electron chi connectivity index (χ0n) is 23.3. The van der Waals surface area contributed by atoms with E-state index < -0.39 is 0 Å². The maximum atomic E-state index is 6.61. The van der Waals surface area contributed by atoms with E-state index in [0.29, 0.717) is 5.89 Å². The van der Waals surface area contributed by atoms with Crippen molar-refractivity contribution < 1.29 is 4.42 Å². The quantitative estimate of drug-likeness (QED) is 0.162. The molecule has 9 aromatic rings. The fraction of sp³-hybridized carbons (Fsp3) is 0. The van der Waals surface area contributed by atoms with Crippen molar-refractivity contribution in [1.29, 1.82) is 0 Å². The monoisotopic (exact) mass is 547 g/mol. The third kappa shape index (κ3) is 3.63. The van der Waals surface area contributed by atoms with Crippen LogP contribution in [0.2, 0.25) is 0 Å². The molecule has 2 heteroatoms. The number of rotatable bonds is 3. The summed E-state index contributed by atoms with van der Waals surface area (Å²) in [5, 5.41) is 9.52. The lowest BCUT2D eigenvalue weighted by molar-refractivity contribution is 0.623. The lowest BCUT2D eigenvalue weighted by Crippen LogP contribution is -1.92. The highest BCUT2D eigenvalue weighted by molar-refractivity contribution is 6.28. The molecule has 8 aromatic carbocycles. The van der Waals surface area contributed by atoms with Crippen molar-refractivity contribution in [2.24, 2.45) is 0 Å². The Morgan fingerprint density at radius 3 is 1.60 bits per heavy atom. The summed E-state index contributed by atoms with van der Waals surface area (Å²) >= 11 is 0. The Balaban J connectivity index is 1.48. The van der Waals surface area contributed by atoms with Crippen LogP contribution in [0.15, 0.2) is 156 Å². The predicted molar refractivity (Wildman–Crippen MR) is 180 cm³/mol. The second-order valence-electron chi connectivity index (χ2n) is 11.1. The van der Waals surface area contributed by atoms with Crippen LogP contribution in [0, 0.1) is 0 Å². The maximum absolute atomic E-state index is 6.61. The molecule has 0 unspecified atom stereocenters. The number of oxazole rings is 1. The molecular weight excluding hydrogens is 522 g/mol. The van der Waals surface area contributed by atoms with Gasteiger partial charge in [-0.2, -0.15) is 0 Å². The van der Waals surface area contributed by atoms with Crippen molar-refractivity contribution in [1.82, 2.24) is 4.98 Å². The van der Waals surface area contributed by atoms with Gasteiger partial charge in [-0.1, -0.05) is 133 Å². The Hall–Kier alpha value is -5.73. The molecule has 0 radical (unpaired) electrons. The summed E-state index contributed by atoms with van der Waals surface area (Å²) in [6.45, 7) is 0. The first-order chi connectivity index (χ1) is 21.3. The molecule has 0 aliphatic carbocycles. The van der Waals surface area contributed by atoms with Crippen LogP contribution in [0.25, 0.3) is 87.9 Å². The largest absolute Gasteiger partial charge is 0.435 e. The van der Waals surface area contributed by atoms with Gasteiger partial charge in [0.05, 0.1) is 0 Å². The number of fused-ring (bicyclic) bond motifs is 7. The van der Waals surface area contributed by atoms with Crippen LogP contribution in [-0.2, 0) is 0 Å². The second kappa shape index (κ2) is 9.40. The molecule has 0 N–H and O–H groups in total. The molecule has 0 aliphatic rings. The summed E-state index contributed by atoms with van der Waals surface area (Å²) in [6.07, 6.45) is 0. The van der Waals surface area contributed by atoms with Crippen molar-refractivity contribution in [2.75, 3.05) is 0 Å². The molecule has 1 heterocycles. The Morgan fingerprint density at radius 1 is 0.419 bits per heavy atom. The zero-order chi connectivity index (χ0) is 28.3. The van der Waals surface area contributed by atoms with Gasteiger partial charge in [0, 0.05) is 10.9 Å². The molecule has 0 saturated heterocycles. The van der Waals surface area contributed by atoms with E-state index in [1.807, 2.05) is 18.2 Å². The fourth-order valence-corrected chi connectivity index (χ4v) is 6.81. The maximum Gasteiger partial charge on any atom is 0.227 e. The van der Waals surface area contributed by atoms with Crippen molar-refractivity contribution in [3.63, 3.8) is 0 Å². The van der Waals surface area contributed by atoms with E-state index in [9.17, 15) is 0 Å². The first-order valence-corrected chi connectivity index (χ1v) is 14.6. The van der Waals surface area contributed by atoms with E-state index in [1.54, 1.807) is 0 Å². The third-order valence-electron chi connectivity index (χ3n) is 8.66. The van der Waals surface area contributed by atoms with E-state index in [1.165, 1.54) is 43.6 Å². The number of nitrogens with zero attached hydrogens (tertiary/aromatic N) is 1. The topological polar surface area (TPSA) is 26.0 Å². The van der Waals surface area contributed by atoms with Gasteiger partial charge in [-0.3, -0.25) is 0 Å². The first-order valence-electron chi connectivity index (χ1n) is 14.6. The summed E-state index contributed by atoms with van der Waals surface area (Å²) in [5.74, 6) is 0.635. The molecule has 0 bridgehead atoms. The molecular formula is C41H25NO. The molecule has 1 aromatic heterocycles. The summed E-state index contributed by atoms with van der Waals surface area (Å²) < 4.78 is 6.61. The highest BCUT2D eigenvalue weighted by atomic mass is 16.3. The second-order valence-corrected chi connectivity index (χ2v) is 11.1. The smallest absolute Gasteiger partial charge is 0.227 e. The van der Waals surface area contributed by atoms with Gasteiger partial charge < -0.3 is 4.42 Å². The van der Waals surface area contributed by atoms with Crippen LogP contribution in [0.1, 0.15) is 0 Å². The third-order valence-corrected chi connectivity index (χ3v) is 8.66. The van der Waals surface area contributed by atoms with Crippen molar-refractivity contribution in [2.45, 2.75) is 0 Å². The van der Waals surface area contributed by atoms with Crippen LogP contribution in [0.4, 0.5) is 0 Å². The van der Waals surface area contributed by atoms with Gasteiger partial charge in [0.15, 0.2) is 5.58 Å². The predicted octanol–water partition coefficient (Wildman–Crippen LogP) is 11.4. The summed E-state index contributed by atoms with van der Waals surface area (Å²) in [5.41, 5.74) is 7.51. The van der Waals surface area contributed by atoms with Crippen LogP contribution < -0.4 is 0 Å². The lowest BCUT2D eigenvalue weighted by atomic mass is 9.84. The molecule has 43 heavy (non-hydrogen) atoms. The number of hydrogen-bond acceptors (Lipinski definition) is 2. The number of benzene rings is 8. The highest BCUT2D eigenvalue weighted by Crippen LogP contribution is 2.47. The van der Waals surface area contributed by atoms with Crippen LogP contribution in [0.5, 0.6) is 0 Å². The van der Waals surface area contributed by atoms with Gasteiger partial charge in [-0.15, -0.1) is 0 Å². The van der Waals surface area contributed by atoms with Crippen LogP contribution in [0.3, 0.4) is 0 Å². The Labute approximate surface area is 248 Å². The van der Waals surface area contributed by atoms with Crippen molar-refractivity contribution in [3.05, 3.63) is 152 Å². The molecule has 0 fully saturated rings. The number of hydrogen-bond donors (Lipinski definition) is 0. The first kappa shape index (κ1) is 23.9. The summed E-state index contributed by atoms with van der Waals surface area (Å²) in [6, 6.07) is 53.8. The molecule has 0 atom stereocenters. The van der Waals surface area contributed by atoms with Crippen molar-refractivity contribution >= 4 is 54.2 Å². The molecule has 2 nitrogen and oxygen atoms in total. The molecule has 200 valence electrons. The zero-order valence-corrected chi connectivity index (χ0v) is 23.3. The highest BCUT2D eigenvalue weighted by Gasteiger charge is 2.22. The fourth-order valence-electron chi connectivity index (χ4n) is 6.81. The summed E-state index contributed by atoms with van der Waals surface area (Å²) in [4.78, 5) is 5.08. The van der Waals surface area contributed by atoms with Gasteiger partial charge >= 0.3 is 0 Å². The SMILES string of the molecule is c1ccc(-c2nc3cc(-c4c5ccccc5c(-c5ccccc5)c5ccccc45)c4ccc5ccccc5c4c3o2)cc1. The Bertz CT molecular complexity index is 2430. The lowest BCUT2D eigenvalue weighted by Gasteiger charge is -2.19. The van der Waals surface area contributed by atoms with Crippen molar-refractivity contribution in [3.8, 4) is 33.7 Å². The minimum Gasteiger partial charge on any atom is -0.435 e. The van der Waals surface area contributed by atoms with E-state index in [4.69, 9.17) is 9.40 Å². The molecule has 0 saturated carbocycles. The Kier molecular flexibility index (Phi) is 5.23. The normalized spacial score (nSPS) is 11.7. The summed E-state index contributed by atoms with van der Waals surface area (Å²) in [7, 11) is 0. The number of aromatic nitrogens is 1. The Morgan fingerprint density at radius 2 is 0.953 bits per heavy atom. The molecule has 9 rings (SSSR count). The minimum atomic E-state index is 0.635. The van der Waals surface area contributed by atoms with E-state index >= 15 is 0 Å². The van der Waals surface area contributed by atoms with Gasteiger partial charge in [-0.05, 0) is 78.2 Å². The van der Waals surface area contributed by atoms with Crippen LogP contribution in [-0.4, -0.2) is 4.98 Å². The van der Waals surface area contributed by atoms with E-state index in [0.717, 1.165) is 38.4 Å². The minimum absolute atomic E-state index is 0.635. The molecule has 0 spiro atoms. The van der Waals surface area contributed by atoms with E-state index in [-0.39, 0.29) is 0 Å². The van der Waals surface area contributed by atoms with Gasteiger partial charge in [0.1, 0.15) is 5.52 Å². The average molecular weight is 548 g/mol. The molecule has 0 amide bonds. The average Bonchev–Trinajstić information content (AvgIpc) is 3.52. The standard InChI is InChI=1S/C41H25NO/c1-3-14-27(15-4-1)37-30-19-9-11-21-32(30)38(33-22-12-10-20-31(33)37)35-25-36-40(43-41(42-36)28-16-5-2-6-17-28)39-29-18-8-7-13-26(29)23-24-34(35)39/h1-25H. The molecule has 0 aliphatic heterocycles. The van der Waals surface area contributed by atoms with Gasteiger partial charge in [0.25, 0.3) is 0 Å². The van der Waals surface area contributed by atoms with Gasteiger partial charge in [-0.25, -0.2) is 4.98 Å². The van der Waals surface area contributed by atoms with Gasteiger partial charge in [0.2, 0.25) is 5.89 Å².